The second kappa shape index (κ2) is 7.76. The Bertz CT molecular complexity index is 1230. The van der Waals surface area contributed by atoms with E-state index in [-0.39, 0.29) is 6.61 Å². The maximum absolute atomic E-state index is 9.38. The molecular formula is C21H23ClN6OS. The van der Waals surface area contributed by atoms with E-state index in [1.807, 2.05) is 19.1 Å². The lowest BCUT2D eigenvalue weighted by molar-refractivity contribution is 0.281. The Morgan fingerprint density at radius 2 is 2.00 bits per heavy atom. The van der Waals surface area contributed by atoms with Gasteiger partial charge >= 0.3 is 0 Å². The molecule has 1 aliphatic carbocycles. The molecule has 0 radical (unpaired) electrons. The minimum atomic E-state index is -0.0989. The number of fused-ring (bicyclic) bond motifs is 2. The summed E-state index contributed by atoms with van der Waals surface area (Å²) in [5.41, 5.74) is 4.49. The third-order valence-corrected chi connectivity index (χ3v) is 7.51. The van der Waals surface area contributed by atoms with E-state index in [0.717, 1.165) is 27.3 Å². The molecular weight excluding hydrogens is 420 g/mol. The Morgan fingerprint density at radius 1 is 1.20 bits per heavy atom. The molecule has 7 nitrogen and oxygen atoms in total. The van der Waals surface area contributed by atoms with Gasteiger partial charge in [-0.2, -0.15) is 5.10 Å². The zero-order valence-corrected chi connectivity index (χ0v) is 18.5. The van der Waals surface area contributed by atoms with Gasteiger partial charge in [-0.25, -0.2) is 15.0 Å². The van der Waals surface area contributed by atoms with E-state index in [4.69, 9.17) is 21.6 Å². The van der Waals surface area contributed by atoms with E-state index >= 15 is 0 Å². The number of nitrogens with one attached hydrogen (secondary N) is 1. The first-order valence-corrected chi connectivity index (χ1v) is 11.4. The highest BCUT2D eigenvalue weighted by molar-refractivity contribution is 7.19. The number of benzene rings is 1. The van der Waals surface area contributed by atoms with Gasteiger partial charge in [0.2, 0.25) is 0 Å². The molecule has 0 bridgehead atoms. The van der Waals surface area contributed by atoms with E-state index < -0.39 is 0 Å². The van der Waals surface area contributed by atoms with Crippen LogP contribution in [-0.2, 0) is 6.61 Å². The van der Waals surface area contributed by atoms with E-state index in [9.17, 15) is 5.11 Å². The van der Waals surface area contributed by atoms with Gasteiger partial charge in [0.1, 0.15) is 16.2 Å². The summed E-state index contributed by atoms with van der Waals surface area (Å²) in [5.74, 6) is 0.904. The van der Waals surface area contributed by atoms with Gasteiger partial charge in [0.15, 0.2) is 11.5 Å². The third kappa shape index (κ3) is 3.23. The lowest BCUT2D eigenvalue weighted by atomic mass is 9.94. The maximum atomic E-state index is 9.38. The van der Waals surface area contributed by atoms with Crippen molar-refractivity contribution in [3.8, 4) is 11.3 Å². The zero-order valence-electron chi connectivity index (χ0n) is 16.9. The van der Waals surface area contributed by atoms with Gasteiger partial charge in [-0.1, -0.05) is 30.9 Å². The summed E-state index contributed by atoms with van der Waals surface area (Å²) >= 11 is 8.10. The molecule has 3 aromatic heterocycles. The molecule has 30 heavy (non-hydrogen) atoms. The number of rotatable bonds is 4. The highest BCUT2D eigenvalue weighted by Crippen LogP contribution is 2.39. The first-order valence-electron chi connectivity index (χ1n) is 10.2. The Hall–Kier alpha value is -2.29. The predicted molar refractivity (Wildman–Crippen MR) is 121 cm³/mol. The summed E-state index contributed by atoms with van der Waals surface area (Å²) in [4.78, 5) is 16.4. The molecule has 1 aliphatic rings. The third-order valence-electron chi connectivity index (χ3n) is 5.93. The van der Waals surface area contributed by atoms with Crippen molar-refractivity contribution in [2.45, 2.75) is 51.7 Å². The normalized spacial score (nSPS) is 15.3. The number of aryl methyl sites for hydroxylation is 1. The monoisotopic (exact) mass is 442 g/mol. The number of aliphatic hydroxyl groups excluding tert-OH is 1. The van der Waals surface area contributed by atoms with Crippen LogP contribution in [0, 0.1) is 6.92 Å². The molecule has 3 heterocycles. The van der Waals surface area contributed by atoms with Gasteiger partial charge in [0.05, 0.1) is 27.5 Å². The van der Waals surface area contributed by atoms with Crippen molar-refractivity contribution in [1.29, 1.82) is 0 Å². The summed E-state index contributed by atoms with van der Waals surface area (Å²) in [6.07, 6.45) is 6.26. The SMILES string of the molecule is Cc1nc2c(-c3ccc4nc(CO)sc4c3Cl)n[nH]c2nc1N(C)C1CCCCC1. The minimum Gasteiger partial charge on any atom is -0.389 e. The van der Waals surface area contributed by atoms with Crippen molar-refractivity contribution >= 4 is 50.1 Å². The van der Waals surface area contributed by atoms with Crippen LogP contribution in [0.1, 0.15) is 42.8 Å². The number of anilines is 1. The number of aliphatic hydroxyl groups is 1. The lowest BCUT2D eigenvalue weighted by Crippen LogP contribution is -2.34. The number of hydrogen-bond donors (Lipinski definition) is 2. The summed E-state index contributed by atoms with van der Waals surface area (Å²) in [7, 11) is 2.11. The minimum absolute atomic E-state index is 0.0989. The van der Waals surface area contributed by atoms with E-state index in [1.54, 1.807) is 0 Å². The van der Waals surface area contributed by atoms with E-state index in [1.165, 1.54) is 43.4 Å². The number of halogens is 1. The molecule has 156 valence electrons. The van der Waals surface area contributed by atoms with Crippen LogP contribution in [0.5, 0.6) is 0 Å². The van der Waals surface area contributed by atoms with Crippen LogP contribution in [0.25, 0.3) is 32.6 Å². The molecule has 1 fully saturated rings. The number of nitrogens with zero attached hydrogens (tertiary/aromatic N) is 5. The molecule has 1 aromatic carbocycles. The van der Waals surface area contributed by atoms with Crippen molar-refractivity contribution in [2.75, 3.05) is 11.9 Å². The van der Waals surface area contributed by atoms with Gasteiger partial charge < -0.3 is 10.0 Å². The van der Waals surface area contributed by atoms with Crippen LogP contribution in [0.15, 0.2) is 12.1 Å². The second-order valence-corrected chi connectivity index (χ2v) is 9.31. The topological polar surface area (TPSA) is 90.8 Å². The average molecular weight is 443 g/mol. The van der Waals surface area contributed by atoms with Crippen molar-refractivity contribution < 1.29 is 5.11 Å². The van der Waals surface area contributed by atoms with Crippen LogP contribution in [0.3, 0.4) is 0 Å². The van der Waals surface area contributed by atoms with Crippen LogP contribution in [0.2, 0.25) is 5.02 Å². The zero-order chi connectivity index (χ0) is 20.8. The molecule has 9 heteroatoms. The lowest BCUT2D eigenvalue weighted by Gasteiger charge is -2.32. The molecule has 0 aliphatic heterocycles. The van der Waals surface area contributed by atoms with Gasteiger partial charge in [-0.3, -0.25) is 5.10 Å². The molecule has 0 amide bonds. The molecule has 0 unspecified atom stereocenters. The first-order chi connectivity index (χ1) is 14.6. The van der Waals surface area contributed by atoms with E-state index in [0.29, 0.717) is 32.9 Å². The number of aromatic nitrogens is 5. The highest BCUT2D eigenvalue weighted by atomic mass is 35.5. The predicted octanol–water partition coefficient (Wildman–Crippen LogP) is 4.85. The smallest absolute Gasteiger partial charge is 0.177 e. The number of thiazole rings is 1. The van der Waals surface area contributed by atoms with Gasteiger partial charge in [-0.05, 0) is 31.9 Å². The Labute approximate surface area is 183 Å². The largest absolute Gasteiger partial charge is 0.389 e. The molecule has 2 N–H and O–H groups in total. The molecule has 0 spiro atoms. The van der Waals surface area contributed by atoms with E-state index in [2.05, 4.69) is 27.1 Å². The van der Waals surface area contributed by atoms with Crippen molar-refractivity contribution in [2.24, 2.45) is 0 Å². The molecule has 0 saturated heterocycles. The van der Waals surface area contributed by atoms with Crippen molar-refractivity contribution in [1.82, 2.24) is 25.1 Å². The number of H-pyrrole nitrogens is 1. The molecule has 5 rings (SSSR count). The van der Waals surface area contributed by atoms with Crippen LogP contribution >= 0.6 is 22.9 Å². The number of aromatic amines is 1. The quantitative estimate of drug-likeness (QED) is 0.469. The Morgan fingerprint density at radius 3 is 2.77 bits per heavy atom. The second-order valence-electron chi connectivity index (χ2n) is 7.85. The fourth-order valence-corrected chi connectivity index (χ4v) is 5.56. The standard InChI is InChI=1S/C21H23ClN6OS/c1-11-21(28(2)12-6-4-3-5-7-12)25-20-18(23-11)17(26-27-20)13-8-9-14-19(16(13)22)30-15(10-29)24-14/h8-9,12,29H,3-7,10H2,1-2H3,(H,25,26,27). The number of hydrogen-bond acceptors (Lipinski definition) is 7. The highest BCUT2D eigenvalue weighted by Gasteiger charge is 2.23. The average Bonchev–Trinajstić information content (AvgIpc) is 3.38. The first kappa shape index (κ1) is 19.7. The Balaban J connectivity index is 1.57. The fraction of sp³-hybridized carbons (Fsp3) is 0.429. The summed E-state index contributed by atoms with van der Waals surface area (Å²) in [6, 6.07) is 4.31. The molecule has 0 atom stereocenters. The van der Waals surface area contributed by atoms with Gasteiger partial charge in [0.25, 0.3) is 0 Å². The Kier molecular flexibility index (Phi) is 5.08. The summed E-state index contributed by atoms with van der Waals surface area (Å²) in [5, 5.41) is 18.1. The summed E-state index contributed by atoms with van der Waals surface area (Å²) in [6.45, 7) is 1.90. The molecule has 4 aromatic rings. The van der Waals surface area contributed by atoms with Crippen LogP contribution in [-0.4, -0.2) is 43.3 Å². The maximum Gasteiger partial charge on any atom is 0.177 e. The van der Waals surface area contributed by atoms with Crippen LogP contribution < -0.4 is 4.90 Å². The van der Waals surface area contributed by atoms with Gasteiger partial charge in [-0.15, -0.1) is 11.3 Å². The van der Waals surface area contributed by atoms with Crippen molar-refractivity contribution in [3.05, 3.63) is 27.9 Å². The molecule has 1 saturated carbocycles. The van der Waals surface area contributed by atoms with Crippen LogP contribution in [0.4, 0.5) is 5.82 Å². The summed E-state index contributed by atoms with van der Waals surface area (Å²) < 4.78 is 0.840. The fourth-order valence-electron chi connectivity index (χ4n) is 4.33. The van der Waals surface area contributed by atoms with Crippen molar-refractivity contribution in [3.63, 3.8) is 0 Å². The van der Waals surface area contributed by atoms with Gasteiger partial charge in [0, 0.05) is 18.7 Å².